The minimum absolute atomic E-state index is 0. The Morgan fingerprint density at radius 2 is 2.10 bits per heavy atom. The molecule has 1 rings (SSSR count). The molecule has 0 radical (unpaired) electrons. The molecular weight excluding hydrogens is 367 g/mol. The van der Waals surface area contributed by atoms with Crippen LogP contribution in [0.1, 0.15) is 45.6 Å². The van der Waals surface area contributed by atoms with Crippen LogP contribution in [0.5, 0.6) is 0 Å². The van der Waals surface area contributed by atoms with Gasteiger partial charge in [-0.05, 0) is 25.7 Å². The van der Waals surface area contributed by atoms with Gasteiger partial charge in [-0.3, -0.25) is 0 Å². The molecule has 116 valence electrons. The van der Waals surface area contributed by atoms with E-state index in [0.717, 1.165) is 43.3 Å². The van der Waals surface area contributed by atoms with E-state index in [-0.39, 0.29) is 24.0 Å². The zero-order chi connectivity index (χ0) is 14.1. The fourth-order valence-corrected chi connectivity index (χ4v) is 1.57. The lowest BCUT2D eigenvalue weighted by Crippen LogP contribution is -2.38. The van der Waals surface area contributed by atoms with Gasteiger partial charge in [0.15, 0.2) is 11.7 Å². The smallest absolute Gasteiger partial charge is 0.191 e. The Hall–Kier alpha value is -0.790. The van der Waals surface area contributed by atoms with E-state index < -0.39 is 0 Å². The summed E-state index contributed by atoms with van der Waals surface area (Å²) in [5, 5.41) is 10.5. The number of hydrogen-bond donors (Lipinski definition) is 2. The largest absolute Gasteiger partial charge is 0.359 e. The number of nitrogens with one attached hydrogen (secondary N) is 2. The monoisotopic (exact) mass is 394 g/mol. The van der Waals surface area contributed by atoms with Gasteiger partial charge in [0.2, 0.25) is 0 Å². The summed E-state index contributed by atoms with van der Waals surface area (Å²) in [6.45, 7) is 10.8. The summed E-state index contributed by atoms with van der Waals surface area (Å²) in [6.07, 6.45) is 2.02. The van der Waals surface area contributed by atoms with Crippen LogP contribution in [-0.2, 0) is 13.0 Å². The Bertz CT molecular complexity index is 390. The Morgan fingerprint density at radius 3 is 2.65 bits per heavy atom. The number of aryl methyl sites for hydroxylation is 1. The van der Waals surface area contributed by atoms with Gasteiger partial charge in [-0.25, -0.2) is 4.99 Å². The van der Waals surface area contributed by atoms with Crippen molar-refractivity contribution in [3.05, 3.63) is 17.5 Å². The molecule has 0 saturated heterocycles. The molecule has 0 bridgehead atoms. The Kier molecular flexibility index (Phi) is 10.5. The highest BCUT2D eigenvalue weighted by atomic mass is 127. The molecule has 6 heteroatoms. The van der Waals surface area contributed by atoms with Crippen molar-refractivity contribution in [3.8, 4) is 0 Å². The summed E-state index contributed by atoms with van der Waals surface area (Å²) in [6, 6.07) is 1.96. The quantitative estimate of drug-likeness (QED) is 0.424. The summed E-state index contributed by atoms with van der Waals surface area (Å²) in [5.41, 5.74) is 0.975. The van der Waals surface area contributed by atoms with E-state index in [9.17, 15) is 0 Å². The molecular formula is C14H27IN4O. The van der Waals surface area contributed by atoms with Crippen molar-refractivity contribution < 1.29 is 4.52 Å². The van der Waals surface area contributed by atoms with Crippen LogP contribution in [0.4, 0.5) is 0 Å². The highest BCUT2D eigenvalue weighted by molar-refractivity contribution is 14.0. The zero-order valence-corrected chi connectivity index (χ0v) is 15.2. The Balaban J connectivity index is 0.00000361. The van der Waals surface area contributed by atoms with E-state index in [1.807, 2.05) is 6.07 Å². The molecule has 0 aliphatic heterocycles. The van der Waals surface area contributed by atoms with Gasteiger partial charge in [-0.15, -0.1) is 24.0 Å². The predicted molar refractivity (Wildman–Crippen MR) is 93.6 cm³/mol. The number of hydrogen-bond acceptors (Lipinski definition) is 3. The van der Waals surface area contributed by atoms with E-state index in [0.29, 0.717) is 12.5 Å². The van der Waals surface area contributed by atoms with Gasteiger partial charge in [0.05, 0.1) is 5.69 Å². The summed E-state index contributed by atoms with van der Waals surface area (Å²) in [5.74, 6) is 2.33. The van der Waals surface area contributed by atoms with Crippen molar-refractivity contribution in [3.63, 3.8) is 0 Å². The van der Waals surface area contributed by atoms with E-state index in [4.69, 9.17) is 4.52 Å². The molecule has 0 unspecified atom stereocenters. The van der Waals surface area contributed by atoms with Crippen LogP contribution < -0.4 is 10.6 Å². The molecule has 0 spiro atoms. The van der Waals surface area contributed by atoms with Gasteiger partial charge in [0.1, 0.15) is 6.54 Å². The molecule has 1 aromatic heterocycles. The average Bonchev–Trinajstić information content (AvgIpc) is 2.83. The van der Waals surface area contributed by atoms with Crippen LogP contribution >= 0.6 is 24.0 Å². The second kappa shape index (κ2) is 10.9. The summed E-state index contributed by atoms with van der Waals surface area (Å²) < 4.78 is 5.21. The van der Waals surface area contributed by atoms with E-state index in [2.05, 4.69) is 48.5 Å². The SMILES string of the molecule is CCNC(=NCc1cc(CC)no1)NCCC(C)C.I. The normalized spacial score (nSPS) is 11.3. The molecule has 0 aliphatic rings. The third-order valence-electron chi connectivity index (χ3n) is 2.72. The number of rotatable bonds is 7. The highest BCUT2D eigenvalue weighted by Gasteiger charge is 2.03. The van der Waals surface area contributed by atoms with Crippen LogP contribution in [-0.4, -0.2) is 24.2 Å². The molecule has 1 aromatic rings. The molecule has 0 aromatic carbocycles. The molecule has 0 atom stereocenters. The highest BCUT2D eigenvalue weighted by Crippen LogP contribution is 2.05. The zero-order valence-electron chi connectivity index (χ0n) is 12.9. The lowest BCUT2D eigenvalue weighted by Gasteiger charge is -2.11. The molecule has 0 aliphatic carbocycles. The second-order valence-corrected chi connectivity index (χ2v) is 4.94. The first-order valence-corrected chi connectivity index (χ1v) is 7.12. The summed E-state index contributed by atoms with van der Waals surface area (Å²) in [4.78, 5) is 4.49. The Labute approximate surface area is 139 Å². The average molecular weight is 394 g/mol. The fraction of sp³-hybridized carbons (Fsp3) is 0.714. The maximum absolute atomic E-state index is 5.21. The van der Waals surface area contributed by atoms with Gasteiger partial charge in [0.25, 0.3) is 0 Å². The topological polar surface area (TPSA) is 62.5 Å². The van der Waals surface area contributed by atoms with Crippen LogP contribution in [0.25, 0.3) is 0 Å². The lowest BCUT2D eigenvalue weighted by atomic mass is 10.1. The maximum Gasteiger partial charge on any atom is 0.191 e. The number of aromatic nitrogens is 1. The third kappa shape index (κ3) is 7.72. The van der Waals surface area contributed by atoms with Gasteiger partial charge in [-0.1, -0.05) is 25.9 Å². The minimum atomic E-state index is 0. The van der Waals surface area contributed by atoms with Crippen molar-refractivity contribution in [2.75, 3.05) is 13.1 Å². The number of guanidine groups is 1. The molecule has 1 heterocycles. The maximum atomic E-state index is 5.21. The lowest BCUT2D eigenvalue weighted by molar-refractivity contribution is 0.379. The molecule has 5 nitrogen and oxygen atoms in total. The predicted octanol–water partition coefficient (Wildman–Crippen LogP) is 2.96. The van der Waals surface area contributed by atoms with Crippen LogP contribution in [0.2, 0.25) is 0 Å². The minimum Gasteiger partial charge on any atom is -0.359 e. The summed E-state index contributed by atoms with van der Waals surface area (Å²) >= 11 is 0. The summed E-state index contributed by atoms with van der Waals surface area (Å²) in [7, 11) is 0. The second-order valence-electron chi connectivity index (χ2n) is 4.94. The third-order valence-corrected chi connectivity index (χ3v) is 2.72. The van der Waals surface area contributed by atoms with Gasteiger partial charge < -0.3 is 15.2 Å². The molecule has 0 amide bonds. The van der Waals surface area contributed by atoms with Crippen molar-refractivity contribution in [1.29, 1.82) is 0 Å². The van der Waals surface area contributed by atoms with E-state index >= 15 is 0 Å². The molecule has 0 saturated carbocycles. The van der Waals surface area contributed by atoms with E-state index in [1.54, 1.807) is 0 Å². The first-order chi connectivity index (χ1) is 9.15. The fourth-order valence-electron chi connectivity index (χ4n) is 1.57. The molecule has 20 heavy (non-hydrogen) atoms. The first-order valence-electron chi connectivity index (χ1n) is 7.12. The first kappa shape index (κ1) is 19.2. The Morgan fingerprint density at radius 1 is 1.35 bits per heavy atom. The van der Waals surface area contributed by atoms with Crippen LogP contribution in [0.3, 0.4) is 0 Å². The number of aliphatic imine (C=N–C) groups is 1. The van der Waals surface area contributed by atoms with Crippen molar-refractivity contribution in [2.24, 2.45) is 10.9 Å². The van der Waals surface area contributed by atoms with Gasteiger partial charge in [0, 0.05) is 19.2 Å². The van der Waals surface area contributed by atoms with Crippen molar-refractivity contribution in [2.45, 2.75) is 47.1 Å². The van der Waals surface area contributed by atoms with Crippen molar-refractivity contribution in [1.82, 2.24) is 15.8 Å². The molecule has 0 fully saturated rings. The number of nitrogens with zero attached hydrogens (tertiary/aromatic N) is 2. The number of halogens is 1. The van der Waals surface area contributed by atoms with Crippen LogP contribution in [0.15, 0.2) is 15.6 Å². The van der Waals surface area contributed by atoms with Crippen LogP contribution in [0, 0.1) is 5.92 Å². The van der Waals surface area contributed by atoms with E-state index in [1.165, 1.54) is 0 Å². The van der Waals surface area contributed by atoms with Crippen molar-refractivity contribution >= 4 is 29.9 Å². The standard InChI is InChI=1S/C14H26N4O.HI/c1-5-12-9-13(19-18-12)10-17-14(15-6-2)16-8-7-11(3)4;/h9,11H,5-8,10H2,1-4H3,(H2,15,16,17);1H. The van der Waals surface area contributed by atoms with Gasteiger partial charge in [-0.2, -0.15) is 0 Å². The molecule has 2 N–H and O–H groups in total. The van der Waals surface area contributed by atoms with Gasteiger partial charge >= 0.3 is 0 Å².